The number of benzene rings is 1. The smallest absolute Gasteiger partial charge is 0.227 e. The van der Waals surface area contributed by atoms with Crippen LogP contribution in [0.3, 0.4) is 0 Å². The van der Waals surface area contributed by atoms with E-state index in [0.717, 1.165) is 36.9 Å². The maximum atomic E-state index is 12.1. The molecule has 0 atom stereocenters. The summed E-state index contributed by atoms with van der Waals surface area (Å²) in [5, 5.41) is 5.94. The first-order chi connectivity index (χ1) is 11.0. The van der Waals surface area contributed by atoms with Gasteiger partial charge < -0.3 is 10.6 Å². The molecule has 23 heavy (non-hydrogen) atoms. The highest BCUT2D eigenvalue weighted by Crippen LogP contribution is 2.15. The highest BCUT2D eigenvalue weighted by molar-refractivity contribution is 5.92. The Bertz CT molecular complexity index is 506. The standard InChI is InChI=1S/C19H30N2O2/c1-5-15(6-2)18(22)20-13-14-10-9-11-17(12-14)21-19(23)16(7-3)8-4/h9-12,15-16H,5-8,13H2,1-4H3,(H,20,22)(H,21,23). The van der Waals surface area contributed by atoms with E-state index in [1.807, 2.05) is 52.0 Å². The van der Waals surface area contributed by atoms with Crippen molar-refractivity contribution in [1.82, 2.24) is 5.32 Å². The van der Waals surface area contributed by atoms with Crippen LogP contribution in [0.15, 0.2) is 24.3 Å². The molecule has 0 fully saturated rings. The molecule has 0 aliphatic heterocycles. The van der Waals surface area contributed by atoms with Crippen molar-refractivity contribution >= 4 is 17.5 Å². The number of rotatable bonds is 9. The summed E-state index contributed by atoms with van der Waals surface area (Å²) >= 11 is 0. The normalized spacial score (nSPS) is 10.9. The summed E-state index contributed by atoms with van der Waals surface area (Å²) in [5.41, 5.74) is 1.78. The van der Waals surface area contributed by atoms with Crippen LogP contribution in [0.1, 0.15) is 58.9 Å². The van der Waals surface area contributed by atoms with Crippen molar-refractivity contribution in [3.8, 4) is 0 Å². The molecule has 0 bridgehead atoms. The number of hydrogen-bond acceptors (Lipinski definition) is 2. The lowest BCUT2D eigenvalue weighted by atomic mass is 10.0. The molecular weight excluding hydrogens is 288 g/mol. The summed E-state index contributed by atoms with van der Waals surface area (Å²) in [6, 6.07) is 7.67. The molecular formula is C19H30N2O2. The van der Waals surface area contributed by atoms with Crippen LogP contribution in [0.25, 0.3) is 0 Å². The van der Waals surface area contributed by atoms with Gasteiger partial charge in [-0.3, -0.25) is 9.59 Å². The fourth-order valence-electron chi connectivity index (χ4n) is 2.66. The second-order valence-corrected chi connectivity index (χ2v) is 5.93. The largest absolute Gasteiger partial charge is 0.352 e. The topological polar surface area (TPSA) is 58.2 Å². The van der Waals surface area contributed by atoms with Crippen LogP contribution in [0.5, 0.6) is 0 Å². The van der Waals surface area contributed by atoms with Crippen molar-refractivity contribution in [2.24, 2.45) is 11.8 Å². The van der Waals surface area contributed by atoms with E-state index in [0.29, 0.717) is 6.54 Å². The van der Waals surface area contributed by atoms with E-state index in [-0.39, 0.29) is 23.7 Å². The minimum Gasteiger partial charge on any atom is -0.352 e. The number of hydrogen-bond donors (Lipinski definition) is 2. The summed E-state index contributed by atoms with van der Waals surface area (Å²) in [7, 11) is 0. The Hall–Kier alpha value is -1.84. The molecule has 0 heterocycles. The molecule has 0 aromatic heterocycles. The third-order valence-corrected chi connectivity index (χ3v) is 4.37. The van der Waals surface area contributed by atoms with E-state index >= 15 is 0 Å². The number of nitrogens with one attached hydrogen (secondary N) is 2. The van der Waals surface area contributed by atoms with Crippen molar-refractivity contribution in [3.63, 3.8) is 0 Å². The fourth-order valence-corrected chi connectivity index (χ4v) is 2.66. The molecule has 0 saturated carbocycles. The van der Waals surface area contributed by atoms with E-state index in [9.17, 15) is 9.59 Å². The van der Waals surface area contributed by atoms with Gasteiger partial charge in [-0.15, -0.1) is 0 Å². The molecule has 2 N–H and O–H groups in total. The van der Waals surface area contributed by atoms with Crippen LogP contribution in [0.2, 0.25) is 0 Å². The highest BCUT2D eigenvalue weighted by atomic mass is 16.2. The third-order valence-electron chi connectivity index (χ3n) is 4.37. The first kappa shape index (κ1) is 19.2. The predicted octanol–water partition coefficient (Wildman–Crippen LogP) is 4.11. The zero-order chi connectivity index (χ0) is 17.2. The maximum absolute atomic E-state index is 12.1. The summed E-state index contributed by atoms with van der Waals surface area (Å²) in [4.78, 5) is 24.2. The van der Waals surface area contributed by atoms with Gasteiger partial charge in [0.05, 0.1) is 0 Å². The van der Waals surface area contributed by atoms with Crippen molar-refractivity contribution < 1.29 is 9.59 Å². The predicted molar refractivity (Wildman–Crippen MR) is 95.1 cm³/mol. The Morgan fingerprint density at radius 1 is 0.913 bits per heavy atom. The molecule has 1 rings (SSSR count). The molecule has 0 aliphatic carbocycles. The van der Waals surface area contributed by atoms with Gasteiger partial charge in [-0.05, 0) is 43.4 Å². The van der Waals surface area contributed by atoms with Gasteiger partial charge in [0.25, 0.3) is 0 Å². The van der Waals surface area contributed by atoms with E-state index in [4.69, 9.17) is 0 Å². The van der Waals surface area contributed by atoms with E-state index in [1.165, 1.54) is 0 Å². The molecule has 1 aromatic rings. The Labute approximate surface area is 140 Å². The summed E-state index contributed by atoms with van der Waals surface area (Å²) < 4.78 is 0. The van der Waals surface area contributed by atoms with Gasteiger partial charge in [-0.25, -0.2) is 0 Å². The fraction of sp³-hybridized carbons (Fsp3) is 0.579. The molecule has 4 heteroatoms. The van der Waals surface area contributed by atoms with Gasteiger partial charge in [0, 0.05) is 24.1 Å². The zero-order valence-corrected chi connectivity index (χ0v) is 14.8. The lowest BCUT2D eigenvalue weighted by Gasteiger charge is -2.15. The molecule has 4 nitrogen and oxygen atoms in total. The lowest BCUT2D eigenvalue weighted by molar-refractivity contribution is -0.125. The molecule has 0 saturated heterocycles. The van der Waals surface area contributed by atoms with Gasteiger partial charge in [0.2, 0.25) is 11.8 Å². The first-order valence-electron chi connectivity index (χ1n) is 8.73. The Morgan fingerprint density at radius 3 is 2.04 bits per heavy atom. The van der Waals surface area contributed by atoms with Crippen LogP contribution in [0.4, 0.5) is 5.69 Å². The number of carbonyl (C=O) groups excluding carboxylic acids is 2. The molecule has 0 radical (unpaired) electrons. The third kappa shape index (κ3) is 6.05. The molecule has 1 aromatic carbocycles. The maximum Gasteiger partial charge on any atom is 0.227 e. The van der Waals surface area contributed by atoms with Crippen LogP contribution >= 0.6 is 0 Å². The molecule has 0 aliphatic rings. The van der Waals surface area contributed by atoms with Crippen molar-refractivity contribution in [1.29, 1.82) is 0 Å². The van der Waals surface area contributed by atoms with Crippen LogP contribution < -0.4 is 10.6 Å². The van der Waals surface area contributed by atoms with E-state index < -0.39 is 0 Å². The summed E-state index contributed by atoms with van der Waals surface area (Å²) in [6.07, 6.45) is 3.39. The number of anilines is 1. The van der Waals surface area contributed by atoms with Gasteiger partial charge >= 0.3 is 0 Å². The Kier molecular flexibility index (Phi) is 8.38. The van der Waals surface area contributed by atoms with E-state index in [2.05, 4.69) is 10.6 Å². The Morgan fingerprint density at radius 2 is 1.48 bits per heavy atom. The Balaban J connectivity index is 2.63. The highest BCUT2D eigenvalue weighted by Gasteiger charge is 2.15. The summed E-state index contributed by atoms with van der Waals surface area (Å²) in [5.74, 6) is 0.288. The van der Waals surface area contributed by atoms with Gasteiger partial charge in [-0.1, -0.05) is 39.8 Å². The van der Waals surface area contributed by atoms with Crippen LogP contribution in [-0.4, -0.2) is 11.8 Å². The van der Waals surface area contributed by atoms with Crippen molar-refractivity contribution in [2.45, 2.75) is 59.9 Å². The van der Waals surface area contributed by atoms with Crippen molar-refractivity contribution in [2.75, 3.05) is 5.32 Å². The molecule has 2 amide bonds. The van der Waals surface area contributed by atoms with Gasteiger partial charge in [-0.2, -0.15) is 0 Å². The molecule has 0 spiro atoms. The minimum absolute atomic E-state index is 0.0493. The molecule has 0 unspecified atom stereocenters. The monoisotopic (exact) mass is 318 g/mol. The molecule has 128 valence electrons. The quantitative estimate of drug-likeness (QED) is 0.720. The summed E-state index contributed by atoms with van der Waals surface area (Å²) in [6.45, 7) is 8.60. The minimum atomic E-state index is 0.0493. The SMILES string of the molecule is CCC(CC)C(=O)NCc1cccc(NC(=O)C(CC)CC)c1. The van der Waals surface area contributed by atoms with Crippen LogP contribution in [0, 0.1) is 11.8 Å². The van der Waals surface area contributed by atoms with Gasteiger partial charge in [0.1, 0.15) is 0 Å². The lowest BCUT2D eigenvalue weighted by Crippen LogP contribution is -2.29. The van der Waals surface area contributed by atoms with Gasteiger partial charge in [0.15, 0.2) is 0 Å². The second kappa shape index (κ2) is 10.0. The average molecular weight is 318 g/mol. The van der Waals surface area contributed by atoms with Crippen molar-refractivity contribution in [3.05, 3.63) is 29.8 Å². The number of carbonyl (C=O) groups is 2. The second-order valence-electron chi connectivity index (χ2n) is 5.93. The zero-order valence-electron chi connectivity index (χ0n) is 14.8. The van der Waals surface area contributed by atoms with E-state index in [1.54, 1.807) is 0 Å². The average Bonchev–Trinajstić information content (AvgIpc) is 2.55. The van der Waals surface area contributed by atoms with Crippen LogP contribution in [-0.2, 0) is 16.1 Å². The number of amides is 2. The first-order valence-corrected chi connectivity index (χ1v) is 8.73.